The van der Waals surface area contributed by atoms with Gasteiger partial charge in [0, 0.05) is 28.2 Å². The molecule has 0 heterocycles. The zero-order valence-electron chi connectivity index (χ0n) is 11.5. The van der Waals surface area contributed by atoms with E-state index in [2.05, 4.69) is 78.0 Å². The molecule has 0 bridgehead atoms. The molecule has 18 heavy (non-hydrogen) atoms. The fourth-order valence-corrected chi connectivity index (χ4v) is 2.56. The quantitative estimate of drug-likeness (QED) is 0.784. The lowest BCUT2D eigenvalue weighted by atomic mass is 10.1. The Morgan fingerprint density at radius 3 is 2.44 bits per heavy atom. The minimum absolute atomic E-state index is 0.428. The minimum atomic E-state index is 0.428. The van der Waals surface area contributed by atoms with Crippen molar-refractivity contribution in [2.75, 3.05) is 13.6 Å². The van der Waals surface area contributed by atoms with Crippen molar-refractivity contribution in [1.29, 1.82) is 0 Å². The van der Waals surface area contributed by atoms with E-state index in [1.165, 1.54) is 22.0 Å². The summed E-state index contributed by atoms with van der Waals surface area (Å²) in [7, 11) is 2.25. The van der Waals surface area contributed by atoms with Gasteiger partial charge in [0.25, 0.3) is 0 Å². The first-order valence-electron chi connectivity index (χ1n) is 6.78. The molecule has 1 N–H and O–H groups in total. The summed E-state index contributed by atoms with van der Waals surface area (Å²) in [6, 6.07) is 10.7. The van der Waals surface area contributed by atoms with E-state index in [9.17, 15) is 0 Å². The molecule has 1 fully saturated rings. The number of rotatable bonds is 6. The molecule has 1 aliphatic rings. The smallest absolute Gasteiger partial charge is 0.0292 e. The molecule has 2 atom stereocenters. The number of likely N-dealkylation sites (N-methyl/N-ethyl adjacent to an activating group) is 1. The van der Waals surface area contributed by atoms with Crippen LogP contribution in [-0.4, -0.2) is 30.6 Å². The van der Waals surface area contributed by atoms with Crippen molar-refractivity contribution in [2.45, 2.75) is 44.8 Å². The number of hydrogen-bond acceptors (Lipinski definition) is 2. The summed E-state index contributed by atoms with van der Waals surface area (Å²) in [6.07, 6.45) is 2.76. The van der Waals surface area contributed by atoms with Crippen molar-refractivity contribution < 1.29 is 0 Å². The zero-order chi connectivity index (χ0) is 13.1. The second-order valence-corrected chi connectivity index (χ2v) is 6.67. The van der Waals surface area contributed by atoms with Crippen molar-refractivity contribution in [1.82, 2.24) is 10.2 Å². The van der Waals surface area contributed by atoms with E-state index < -0.39 is 0 Å². The summed E-state index contributed by atoms with van der Waals surface area (Å²) in [5, 5.41) is 3.64. The second kappa shape index (κ2) is 6.35. The molecular weight excluding hydrogens is 335 g/mol. The Hall–Kier alpha value is -0.130. The molecule has 1 aromatic carbocycles. The Bertz CT molecular complexity index is 373. The molecular formula is C15H23IN2. The number of nitrogens with one attached hydrogen (secondary N) is 1. The third kappa shape index (κ3) is 3.93. The molecule has 2 nitrogen and oxygen atoms in total. The van der Waals surface area contributed by atoms with Gasteiger partial charge in [0.2, 0.25) is 0 Å². The van der Waals surface area contributed by atoms with Gasteiger partial charge in [0.15, 0.2) is 0 Å². The predicted molar refractivity (Wildman–Crippen MR) is 85.8 cm³/mol. The van der Waals surface area contributed by atoms with Crippen LogP contribution in [0.15, 0.2) is 24.3 Å². The van der Waals surface area contributed by atoms with Crippen LogP contribution in [0.3, 0.4) is 0 Å². The molecule has 1 aromatic rings. The highest BCUT2D eigenvalue weighted by molar-refractivity contribution is 14.1. The van der Waals surface area contributed by atoms with Gasteiger partial charge >= 0.3 is 0 Å². The highest BCUT2D eigenvalue weighted by Crippen LogP contribution is 2.26. The lowest BCUT2D eigenvalue weighted by Gasteiger charge is -2.26. The molecule has 1 saturated carbocycles. The maximum Gasteiger partial charge on any atom is 0.0292 e. The fraction of sp³-hybridized carbons (Fsp3) is 0.600. The third-order valence-corrected chi connectivity index (χ3v) is 4.63. The molecule has 1 aliphatic carbocycles. The van der Waals surface area contributed by atoms with Crippen LogP contribution < -0.4 is 5.32 Å². The van der Waals surface area contributed by atoms with Crippen LogP contribution >= 0.6 is 22.6 Å². The molecule has 0 saturated heterocycles. The van der Waals surface area contributed by atoms with Gasteiger partial charge in [-0.05, 0) is 74.0 Å². The van der Waals surface area contributed by atoms with E-state index in [4.69, 9.17) is 0 Å². The van der Waals surface area contributed by atoms with Crippen molar-refractivity contribution in [2.24, 2.45) is 0 Å². The topological polar surface area (TPSA) is 15.3 Å². The van der Waals surface area contributed by atoms with E-state index in [1.54, 1.807) is 0 Å². The van der Waals surface area contributed by atoms with Crippen LogP contribution in [0, 0.1) is 3.57 Å². The van der Waals surface area contributed by atoms with Crippen LogP contribution in [0.2, 0.25) is 0 Å². The van der Waals surface area contributed by atoms with E-state index in [0.717, 1.165) is 12.6 Å². The van der Waals surface area contributed by atoms with Gasteiger partial charge in [-0.2, -0.15) is 0 Å². The lowest BCUT2D eigenvalue weighted by molar-refractivity contribution is 0.237. The molecule has 0 spiro atoms. The summed E-state index contributed by atoms with van der Waals surface area (Å²) >= 11 is 2.35. The first-order valence-corrected chi connectivity index (χ1v) is 7.86. The molecule has 0 amide bonds. The zero-order valence-corrected chi connectivity index (χ0v) is 13.6. The highest BCUT2D eigenvalue weighted by Gasteiger charge is 2.28. The molecule has 0 aliphatic heterocycles. The summed E-state index contributed by atoms with van der Waals surface area (Å²) in [6.45, 7) is 5.61. The Morgan fingerprint density at radius 2 is 1.89 bits per heavy atom. The first-order chi connectivity index (χ1) is 8.58. The number of hydrogen-bond donors (Lipinski definition) is 1. The highest BCUT2D eigenvalue weighted by atomic mass is 127. The number of halogens is 1. The van der Waals surface area contributed by atoms with E-state index >= 15 is 0 Å². The molecule has 2 rings (SSSR count). The minimum Gasteiger partial charge on any atom is -0.309 e. The van der Waals surface area contributed by atoms with E-state index in [0.29, 0.717) is 12.1 Å². The molecule has 2 unspecified atom stereocenters. The number of benzene rings is 1. The summed E-state index contributed by atoms with van der Waals surface area (Å²) in [4.78, 5) is 2.51. The average Bonchev–Trinajstić information content (AvgIpc) is 3.19. The third-order valence-electron chi connectivity index (χ3n) is 3.91. The summed E-state index contributed by atoms with van der Waals surface area (Å²) in [5.41, 5.74) is 1.37. The average molecular weight is 358 g/mol. The van der Waals surface area contributed by atoms with Gasteiger partial charge in [-0.25, -0.2) is 0 Å². The van der Waals surface area contributed by atoms with E-state index in [1.807, 2.05) is 0 Å². The summed E-state index contributed by atoms with van der Waals surface area (Å²) in [5.74, 6) is 0. The van der Waals surface area contributed by atoms with Crippen molar-refractivity contribution in [3.05, 3.63) is 33.4 Å². The second-order valence-electron chi connectivity index (χ2n) is 5.43. The van der Waals surface area contributed by atoms with Crippen LogP contribution in [0.1, 0.15) is 38.3 Å². The van der Waals surface area contributed by atoms with Gasteiger partial charge in [0.1, 0.15) is 0 Å². The molecule has 0 aromatic heterocycles. The van der Waals surface area contributed by atoms with Crippen LogP contribution in [-0.2, 0) is 0 Å². The monoisotopic (exact) mass is 358 g/mol. The van der Waals surface area contributed by atoms with Crippen LogP contribution in [0.4, 0.5) is 0 Å². The van der Waals surface area contributed by atoms with Gasteiger partial charge in [-0.15, -0.1) is 0 Å². The Labute approximate surface area is 124 Å². The maximum atomic E-state index is 3.64. The SMILES string of the molecule is CC(NCC(C)N(C)C1CC1)c1ccc(I)cc1. The summed E-state index contributed by atoms with van der Waals surface area (Å²) < 4.78 is 1.30. The lowest BCUT2D eigenvalue weighted by Crippen LogP contribution is -2.39. The normalized spacial score (nSPS) is 18.9. The molecule has 3 heteroatoms. The van der Waals surface area contributed by atoms with Crippen molar-refractivity contribution in [3.8, 4) is 0 Å². The van der Waals surface area contributed by atoms with Crippen molar-refractivity contribution in [3.63, 3.8) is 0 Å². The van der Waals surface area contributed by atoms with Crippen molar-refractivity contribution >= 4 is 22.6 Å². The fourth-order valence-electron chi connectivity index (χ4n) is 2.20. The van der Waals surface area contributed by atoms with Crippen LogP contribution in [0.25, 0.3) is 0 Å². The molecule has 100 valence electrons. The Balaban J connectivity index is 1.80. The van der Waals surface area contributed by atoms with Gasteiger partial charge < -0.3 is 5.32 Å². The van der Waals surface area contributed by atoms with Gasteiger partial charge in [0.05, 0.1) is 0 Å². The number of nitrogens with zero attached hydrogens (tertiary/aromatic N) is 1. The largest absolute Gasteiger partial charge is 0.309 e. The Kier molecular flexibility index (Phi) is 5.04. The standard InChI is InChI=1S/C15H23IN2/c1-11(18(3)15-8-9-15)10-17-12(2)13-4-6-14(16)7-5-13/h4-7,11-12,15,17H,8-10H2,1-3H3. The van der Waals surface area contributed by atoms with Gasteiger partial charge in [-0.3, -0.25) is 4.90 Å². The first kappa shape index (κ1) is 14.3. The maximum absolute atomic E-state index is 3.64. The van der Waals surface area contributed by atoms with Gasteiger partial charge in [-0.1, -0.05) is 12.1 Å². The Morgan fingerprint density at radius 1 is 1.28 bits per heavy atom. The van der Waals surface area contributed by atoms with E-state index in [-0.39, 0.29) is 0 Å². The molecule has 0 radical (unpaired) electrons. The van der Waals surface area contributed by atoms with Crippen LogP contribution in [0.5, 0.6) is 0 Å². The predicted octanol–water partition coefficient (Wildman–Crippen LogP) is 3.42.